The first-order chi connectivity index (χ1) is 11.4. The number of fused-ring (bicyclic) bond motifs is 1. The second-order valence-electron chi connectivity index (χ2n) is 5.00. The molecule has 0 aromatic carbocycles. The molecule has 0 bridgehead atoms. The average Bonchev–Trinajstić information content (AvgIpc) is 2.89. The van der Waals surface area contributed by atoms with Crippen molar-refractivity contribution in [1.29, 1.82) is 0 Å². The Morgan fingerprint density at radius 2 is 2.00 bits per heavy atom. The molecule has 0 fully saturated rings. The van der Waals surface area contributed by atoms with E-state index in [0.717, 1.165) is 11.8 Å². The molecule has 24 heavy (non-hydrogen) atoms. The highest BCUT2D eigenvalue weighted by Crippen LogP contribution is 2.73. The van der Waals surface area contributed by atoms with E-state index < -0.39 is 29.7 Å². The first-order valence-corrected chi connectivity index (χ1v) is 10.0. The number of methoxy groups -OCH3 is 1. The molecule has 2 heterocycles. The van der Waals surface area contributed by atoms with Crippen LogP contribution in [0.2, 0.25) is 0 Å². The number of rotatable bonds is 7. The first-order valence-electron chi connectivity index (χ1n) is 7.66. The summed E-state index contributed by atoms with van der Waals surface area (Å²) >= 11 is 0.914. The number of aromatic nitrogens is 2. The smallest absolute Gasteiger partial charge is 0.360 e. The lowest BCUT2D eigenvalue weighted by Gasteiger charge is -2.36. The van der Waals surface area contributed by atoms with Crippen molar-refractivity contribution in [2.45, 2.75) is 42.9 Å². The van der Waals surface area contributed by atoms with Crippen LogP contribution in [0.4, 0.5) is 0 Å². The highest BCUT2D eigenvalue weighted by molar-refractivity contribution is 8.07. The van der Waals surface area contributed by atoms with Gasteiger partial charge in [0, 0.05) is 12.3 Å². The fourth-order valence-corrected chi connectivity index (χ4v) is 7.25. The van der Waals surface area contributed by atoms with E-state index in [0.29, 0.717) is 11.6 Å². The number of carbonyl (C=O) groups excluding carboxylic acids is 1. The van der Waals surface area contributed by atoms with Gasteiger partial charge in [0.25, 0.3) is 5.56 Å². The SMILES string of the molecule is CCOP(=O)(OCC)C1(C(=O)OC)Sc2nc(=O)ccn2C1CC. The van der Waals surface area contributed by atoms with Crippen molar-refractivity contribution in [2.75, 3.05) is 20.3 Å². The third-order valence-corrected chi connectivity index (χ3v) is 8.38. The zero-order valence-corrected chi connectivity index (χ0v) is 15.8. The zero-order valence-electron chi connectivity index (χ0n) is 14.1. The molecule has 2 rings (SSSR count). The average molecular weight is 376 g/mol. The summed E-state index contributed by atoms with van der Waals surface area (Å²) in [6, 6.07) is 0.716. The van der Waals surface area contributed by atoms with Crippen molar-refractivity contribution < 1.29 is 23.1 Å². The van der Waals surface area contributed by atoms with E-state index in [9.17, 15) is 14.2 Å². The number of ether oxygens (including phenoxy) is 1. The summed E-state index contributed by atoms with van der Waals surface area (Å²) < 4.78 is 29.5. The molecule has 1 aliphatic heterocycles. The van der Waals surface area contributed by atoms with Gasteiger partial charge >= 0.3 is 13.6 Å². The van der Waals surface area contributed by atoms with Gasteiger partial charge in [0.2, 0.25) is 4.49 Å². The molecule has 0 saturated carbocycles. The quantitative estimate of drug-likeness (QED) is 0.407. The summed E-state index contributed by atoms with van der Waals surface area (Å²) in [4.78, 5) is 28.3. The van der Waals surface area contributed by atoms with E-state index in [1.165, 1.54) is 13.2 Å². The van der Waals surface area contributed by atoms with Crippen molar-refractivity contribution in [3.63, 3.8) is 0 Å². The van der Waals surface area contributed by atoms with Gasteiger partial charge in [0.15, 0.2) is 5.16 Å². The van der Waals surface area contributed by atoms with Crippen LogP contribution < -0.4 is 5.56 Å². The minimum atomic E-state index is -3.92. The minimum Gasteiger partial charge on any atom is -0.467 e. The second-order valence-corrected chi connectivity index (χ2v) is 8.74. The Labute approximate surface area is 144 Å². The third kappa shape index (κ3) is 2.83. The van der Waals surface area contributed by atoms with Gasteiger partial charge < -0.3 is 18.4 Å². The van der Waals surface area contributed by atoms with Crippen LogP contribution in [0.25, 0.3) is 0 Å². The standard InChI is InChI=1S/C14H21N2O6PS/c1-5-10-14(12(18)20-4,23(19,21-6-2)22-7-3)24-13-15-11(17)8-9-16(10)13/h8-10H,5-7H2,1-4H3. The van der Waals surface area contributed by atoms with E-state index in [2.05, 4.69) is 4.98 Å². The Morgan fingerprint density at radius 3 is 2.50 bits per heavy atom. The Balaban J connectivity index is 2.71. The van der Waals surface area contributed by atoms with E-state index in [-0.39, 0.29) is 13.2 Å². The highest BCUT2D eigenvalue weighted by Gasteiger charge is 2.67. The molecule has 1 aliphatic rings. The van der Waals surface area contributed by atoms with Crippen molar-refractivity contribution >= 4 is 25.3 Å². The molecule has 0 N–H and O–H groups in total. The summed E-state index contributed by atoms with van der Waals surface area (Å²) in [5.41, 5.74) is -0.438. The van der Waals surface area contributed by atoms with E-state index in [1.807, 2.05) is 6.92 Å². The Morgan fingerprint density at radius 1 is 1.38 bits per heavy atom. The lowest BCUT2D eigenvalue weighted by Crippen LogP contribution is -2.42. The van der Waals surface area contributed by atoms with Crippen molar-refractivity contribution in [2.24, 2.45) is 0 Å². The van der Waals surface area contributed by atoms with Crippen LogP contribution in [0.1, 0.15) is 33.2 Å². The van der Waals surface area contributed by atoms with Crippen molar-refractivity contribution in [1.82, 2.24) is 9.55 Å². The first kappa shape index (κ1) is 19.2. The zero-order chi connectivity index (χ0) is 18.0. The van der Waals surface area contributed by atoms with Crippen LogP contribution in [0.5, 0.6) is 0 Å². The fraction of sp³-hybridized carbons (Fsp3) is 0.643. The van der Waals surface area contributed by atoms with Gasteiger partial charge in [-0.05, 0) is 20.3 Å². The molecule has 0 amide bonds. The fourth-order valence-electron chi connectivity index (χ4n) is 2.82. The van der Waals surface area contributed by atoms with Crippen LogP contribution in [0.3, 0.4) is 0 Å². The molecule has 10 heteroatoms. The summed E-state index contributed by atoms with van der Waals surface area (Å²) in [5, 5.41) is 0.291. The summed E-state index contributed by atoms with van der Waals surface area (Å²) in [5.74, 6) is -0.720. The van der Waals surface area contributed by atoms with E-state index >= 15 is 0 Å². The topological polar surface area (TPSA) is 96.7 Å². The monoisotopic (exact) mass is 376 g/mol. The number of hydrogen-bond donors (Lipinski definition) is 0. The van der Waals surface area contributed by atoms with Gasteiger partial charge in [0.1, 0.15) is 0 Å². The van der Waals surface area contributed by atoms with Gasteiger partial charge in [-0.25, -0.2) is 4.79 Å². The van der Waals surface area contributed by atoms with E-state index in [1.54, 1.807) is 24.6 Å². The second kappa shape index (κ2) is 7.39. The maximum absolute atomic E-state index is 13.6. The van der Waals surface area contributed by atoms with Gasteiger partial charge in [-0.1, -0.05) is 18.7 Å². The van der Waals surface area contributed by atoms with Gasteiger partial charge in [0.05, 0.1) is 26.4 Å². The Hall–Kier alpha value is -1.15. The molecule has 8 nitrogen and oxygen atoms in total. The van der Waals surface area contributed by atoms with Crippen molar-refractivity contribution in [3.05, 3.63) is 22.6 Å². The normalized spacial score (nSPS) is 23.1. The molecule has 1 aromatic heterocycles. The van der Waals surface area contributed by atoms with Crippen LogP contribution in [0, 0.1) is 0 Å². The van der Waals surface area contributed by atoms with Gasteiger partial charge in [-0.15, -0.1) is 0 Å². The molecule has 134 valence electrons. The molecule has 2 unspecified atom stereocenters. The maximum Gasteiger partial charge on any atom is 0.360 e. The lowest BCUT2D eigenvalue weighted by molar-refractivity contribution is -0.142. The largest absolute Gasteiger partial charge is 0.467 e. The molecule has 0 spiro atoms. The number of esters is 1. The van der Waals surface area contributed by atoms with Gasteiger partial charge in [-0.3, -0.25) is 9.36 Å². The molecule has 0 aliphatic carbocycles. The highest BCUT2D eigenvalue weighted by atomic mass is 32.2. The summed E-state index contributed by atoms with van der Waals surface area (Å²) in [6.07, 6.45) is 1.99. The maximum atomic E-state index is 13.6. The number of thioether (sulfide) groups is 1. The van der Waals surface area contributed by atoms with Crippen LogP contribution >= 0.6 is 19.4 Å². The molecule has 0 radical (unpaired) electrons. The molecule has 2 atom stereocenters. The predicted octanol–water partition coefficient (Wildman–Crippen LogP) is 2.44. The van der Waals surface area contributed by atoms with E-state index in [4.69, 9.17) is 13.8 Å². The summed E-state index contributed by atoms with van der Waals surface area (Å²) in [6.45, 7) is 5.40. The summed E-state index contributed by atoms with van der Waals surface area (Å²) in [7, 11) is -2.69. The minimum absolute atomic E-state index is 0.105. The lowest BCUT2D eigenvalue weighted by atomic mass is 10.1. The van der Waals surface area contributed by atoms with Crippen LogP contribution in [-0.2, 0) is 23.1 Å². The van der Waals surface area contributed by atoms with Crippen LogP contribution in [-0.4, -0.2) is 40.3 Å². The van der Waals surface area contributed by atoms with Crippen LogP contribution in [0.15, 0.2) is 22.2 Å². The molecule has 1 aromatic rings. The number of hydrogen-bond acceptors (Lipinski definition) is 8. The Kier molecular flexibility index (Phi) is 5.91. The van der Waals surface area contributed by atoms with Gasteiger partial charge in [-0.2, -0.15) is 4.98 Å². The Bertz CT molecular complexity index is 713. The van der Waals surface area contributed by atoms with Crippen molar-refractivity contribution in [3.8, 4) is 0 Å². The molecular formula is C14H21N2O6PS. The number of nitrogens with zero attached hydrogens (tertiary/aromatic N) is 2. The number of carbonyl (C=O) groups is 1. The third-order valence-electron chi connectivity index (χ3n) is 3.71. The molecule has 0 saturated heterocycles. The molecular weight excluding hydrogens is 355 g/mol. The predicted molar refractivity (Wildman–Crippen MR) is 89.3 cm³/mol.